The summed E-state index contributed by atoms with van der Waals surface area (Å²) in [5, 5.41) is 0. The summed E-state index contributed by atoms with van der Waals surface area (Å²) in [6, 6.07) is 0. The maximum absolute atomic E-state index is 16.0. The van der Waals surface area contributed by atoms with Crippen molar-refractivity contribution in [2.45, 2.75) is 70.7 Å². The molecule has 0 saturated carbocycles. The number of imidazole rings is 1. The first kappa shape index (κ1) is 22.3. The molecule has 2 fully saturated rings. The molecule has 2 aliphatic heterocycles. The number of fused-ring (bicyclic) bond motifs is 2. The Labute approximate surface area is 179 Å². The van der Waals surface area contributed by atoms with Gasteiger partial charge in [-0.05, 0) is 27.2 Å². The predicted octanol–water partition coefficient (Wildman–Crippen LogP) is 3.16. The second-order valence-electron chi connectivity index (χ2n) is 8.01. The molecule has 2 N–H and O–H groups in total. The Balaban J connectivity index is 1.65. The highest BCUT2D eigenvalue weighted by atomic mass is 31.2. The van der Waals surface area contributed by atoms with E-state index >= 15 is 4.39 Å². The van der Waals surface area contributed by atoms with Crippen LogP contribution in [0.2, 0.25) is 0 Å². The van der Waals surface area contributed by atoms with Gasteiger partial charge in [-0.1, -0.05) is 13.3 Å². The molecule has 172 valence electrons. The molecule has 4 heterocycles. The lowest BCUT2D eigenvalue weighted by molar-refractivity contribution is -0.0733. The Hall–Kier alpha value is -1.85. The molecule has 11 nitrogen and oxygen atoms in total. The summed E-state index contributed by atoms with van der Waals surface area (Å²) in [7, 11) is -3.91. The fraction of sp³-hybridized carbons (Fsp3) is 0.722. The second kappa shape index (κ2) is 8.25. The number of hydrogen-bond donors (Lipinski definition) is 1. The van der Waals surface area contributed by atoms with Gasteiger partial charge in [0.15, 0.2) is 23.1 Å². The van der Waals surface area contributed by atoms with E-state index in [1.165, 1.54) is 17.8 Å². The van der Waals surface area contributed by atoms with E-state index in [9.17, 15) is 4.57 Å². The lowest BCUT2D eigenvalue weighted by Crippen LogP contribution is -2.45. The number of aromatic nitrogens is 4. The average molecular weight is 459 g/mol. The zero-order valence-corrected chi connectivity index (χ0v) is 18.8. The predicted molar refractivity (Wildman–Crippen MR) is 108 cm³/mol. The highest BCUT2D eigenvalue weighted by Crippen LogP contribution is 2.60. The Morgan fingerprint density at radius 3 is 2.94 bits per heavy atom. The molecule has 0 spiro atoms. The van der Waals surface area contributed by atoms with Crippen molar-refractivity contribution in [1.29, 1.82) is 0 Å². The molecule has 0 aliphatic carbocycles. The van der Waals surface area contributed by atoms with Crippen molar-refractivity contribution in [2.24, 2.45) is 0 Å². The van der Waals surface area contributed by atoms with Crippen molar-refractivity contribution in [3.8, 4) is 5.88 Å². The van der Waals surface area contributed by atoms with Gasteiger partial charge in [0.05, 0.1) is 25.6 Å². The third-order valence-electron chi connectivity index (χ3n) is 5.06. The van der Waals surface area contributed by atoms with E-state index in [0.29, 0.717) is 12.1 Å². The van der Waals surface area contributed by atoms with Gasteiger partial charge in [-0.15, -0.1) is 0 Å². The van der Waals surface area contributed by atoms with Crippen LogP contribution < -0.4 is 10.5 Å². The van der Waals surface area contributed by atoms with Crippen LogP contribution in [0.1, 0.15) is 46.8 Å². The van der Waals surface area contributed by atoms with Crippen LogP contribution >= 0.6 is 7.82 Å². The van der Waals surface area contributed by atoms with E-state index < -0.39 is 38.0 Å². The summed E-state index contributed by atoms with van der Waals surface area (Å²) in [6.07, 6.45) is -0.406. The number of rotatable bonds is 7. The van der Waals surface area contributed by atoms with Crippen molar-refractivity contribution in [1.82, 2.24) is 19.5 Å². The largest absolute Gasteiger partial charge is 0.476 e. The summed E-state index contributed by atoms with van der Waals surface area (Å²) >= 11 is 0. The monoisotopic (exact) mass is 459 g/mol. The van der Waals surface area contributed by atoms with Crippen LogP contribution in [0.3, 0.4) is 0 Å². The van der Waals surface area contributed by atoms with Gasteiger partial charge in [0, 0.05) is 0 Å². The standard InChI is InChI=1S/C18H27FN5O6P/c1-5-6-7-26-15-12-14(22-17(20)23-15)24(9-21-12)16-18(4,19)13-11(28-16)8-27-31(25,30-13)29-10(2)3/h9-11,13,16H,5-8H2,1-4H3,(H2,20,22,23)/t11-,13?,16-,18-,31-/m1/s1. The number of alkyl halides is 1. The van der Waals surface area contributed by atoms with Crippen molar-refractivity contribution < 1.29 is 32.0 Å². The number of halogens is 1. The average Bonchev–Trinajstić information content (AvgIpc) is 3.19. The Bertz CT molecular complexity index is 1000. The van der Waals surface area contributed by atoms with Crippen molar-refractivity contribution in [3.05, 3.63) is 6.33 Å². The maximum Gasteiger partial charge on any atom is 0.475 e. The first-order chi connectivity index (χ1) is 14.6. The molecule has 1 unspecified atom stereocenters. The summed E-state index contributed by atoms with van der Waals surface area (Å²) in [5.74, 6) is 0.186. The van der Waals surface area contributed by atoms with E-state index in [1.807, 2.05) is 6.92 Å². The van der Waals surface area contributed by atoms with Crippen LogP contribution in [0.4, 0.5) is 10.3 Å². The van der Waals surface area contributed by atoms with Crippen molar-refractivity contribution in [3.63, 3.8) is 0 Å². The first-order valence-electron chi connectivity index (χ1n) is 10.2. The molecule has 2 aliphatic rings. The number of nitrogen functional groups attached to an aromatic ring is 1. The molecule has 2 aromatic rings. The molecule has 0 radical (unpaired) electrons. The van der Waals surface area contributed by atoms with Gasteiger partial charge in [0.25, 0.3) is 0 Å². The third-order valence-corrected chi connectivity index (χ3v) is 6.69. The molecule has 0 amide bonds. The molecule has 4 rings (SSSR count). The molecular weight excluding hydrogens is 432 g/mol. The molecule has 2 aromatic heterocycles. The number of nitrogens with two attached hydrogens (primary N) is 1. The SMILES string of the molecule is CCCCOc1nc(N)nc2c1ncn2[C@@H]1O[C@@H]2CO[P@](=O)(OC(C)C)OC2[C@@]1(C)F. The number of phosphoric acid groups is 1. The van der Waals surface area contributed by atoms with Crippen LogP contribution in [0.25, 0.3) is 11.2 Å². The van der Waals surface area contributed by atoms with Gasteiger partial charge in [0.2, 0.25) is 11.8 Å². The maximum atomic E-state index is 16.0. The number of hydrogen-bond acceptors (Lipinski definition) is 10. The molecular formula is C18H27FN5O6P. The summed E-state index contributed by atoms with van der Waals surface area (Å²) in [5.41, 5.74) is 4.35. The van der Waals surface area contributed by atoms with Crippen molar-refractivity contribution in [2.75, 3.05) is 18.9 Å². The van der Waals surface area contributed by atoms with E-state index in [2.05, 4.69) is 15.0 Å². The summed E-state index contributed by atoms with van der Waals surface area (Å²) in [4.78, 5) is 12.6. The van der Waals surface area contributed by atoms with Gasteiger partial charge in [0.1, 0.15) is 12.2 Å². The number of phosphoric ester groups is 1. The normalized spacial score (nSPS) is 33.2. The number of anilines is 1. The number of nitrogens with zero attached hydrogens (tertiary/aromatic N) is 4. The minimum atomic E-state index is -3.91. The topological polar surface area (TPSA) is 133 Å². The molecule has 31 heavy (non-hydrogen) atoms. The minimum absolute atomic E-state index is 0.0360. The fourth-order valence-electron chi connectivity index (χ4n) is 3.65. The van der Waals surface area contributed by atoms with Gasteiger partial charge in [-0.3, -0.25) is 18.1 Å². The van der Waals surface area contributed by atoms with Crippen LogP contribution in [0.5, 0.6) is 5.88 Å². The Kier molecular flexibility index (Phi) is 5.95. The van der Waals surface area contributed by atoms with Crippen molar-refractivity contribution >= 4 is 24.9 Å². The lowest BCUT2D eigenvalue weighted by atomic mass is 9.98. The molecule has 5 atom stereocenters. The Morgan fingerprint density at radius 2 is 2.23 bits per heavy atom. The van der Waals surface area contributed by atoms with Gasteiger partial charge in [-0.2, -0.15) is 9.97 Å². The third kappa shape index (κ3) is 4.14. The summed E-state index contributed by atoms with van der Waals surface area (Å²) < 4.78 is 57.7. The summed E-state index contributed by atoms with van der Waals surface area (Å²) in [6.45, 7) is 7.02. The molecule has 13 heteroatoms. The first-order valence-corrected chi connectivity index (χ1v) is 11.7. The smallest absolute Gasteiger partial charge is 0.475 e. The number of ether oxygens (including phenoxy) is 2. The zero-order valence-electron chi connectivity index (χ0n) is 17.9. The van der Waals surface area contributed by atoms with E-state index in [0.717, 1.165) is 12.8 Å². The van der Waals surface area contributed by atoms with E-state index in [1.54, 1.807) is 13.8 Å². The van der Waals surface area contributed by atoms with Crippen LogP contribution in [0.15, 0.2) is 6.33 Å². The van der Waals surface area contributed by atoms with Gasteiger partial charge in [-0.25, -0.2) is 13.9 Å². The molecule has 0 aromatic carbocycles. The lowest BCUT2D eigenvalue weighted by Gasteiger charge is -2.34. The highest BCUT2D eigenvalue weighted by molar-refractivity contribution is 7.48. The minimum Gasteiger partial charge on any atom is -0.476 e. The quantitative estimate of drug-likeness (QED) is 0.486. The Morgan fingerprint density at radius 1 is 1.45 bits per heavy atom. The molecule has 2 saturated heterocycles. The van der Waals surface area contributed by atoms with E-state index in [-0.39, 0.29) is 24.1 Å². The van der Waals surface area contributed by atoms with E-state index in [4.69, 9.17) is 28.8 Å². The van der Waals surface area contributed by atoms with Gasteiger partial charge >= 0.3 is 7.82 Å². The second-order valence-corrected chi connectivity index (χ2v) is 9.59. The number of unbranched alkanes of at least 4 members (excludes halogenated alkanes) is 1. The van der Waals surface area contributed by atoms with Crippen LogP contribution in [-0.4, -0.2) is 56.7 Å². The fourth-order valence-corrected chi connectivity index (χ4v) is 5.29. The molecule has 0 bridgehead atoms. The van der Waals surface area contributed by atoms with Crippen LogP contribution in [-0.2, 0) is 22.9 Å². The zero-order chi connectivity index (χ0) is 22.4. The highest BCUT2D eigenvalue weighted by Gasteiger charge is 2.61. The van der Waals surface area contributed by atoms with Crippen LogP contribution in [0, 0.1) is 0 Å². The van der Waals surface area contributed by atoms with Gasteiger partial charge < -0.3 is 15.2 Å².